The molecule has 5 heteroatoms. The molecule has 0 aliphatic rings. The first-order valence-corrected chi connectivity index (χ1v) is 5.96. The molecule has 0 aromatic heterocycles. The Morgan fingerprint density at radius 3 is 2.72 bits per heavy atom. The molecule has 0 fully saturated rings. The summed E-state index contributed by atoms with van der Waals surface area (Å²) in [6, 6.07) is 2.41. The Labute approximate surface area is 105 Å². The van der Waals surface area contributed by atoms with E-state index >= 15 is 0 Å². The first-order chi connectivity index (χ1) is 8.58. The highest BCUT2D eigenvalue weighted by Crippen LogP contribution is 2.18. The van der Waals surface area contributed by atoms with Crippen molar-refractivity contribution in [1.82, 2.24) is 0 Å². The predicted octanol–water partition coefficient (Wildman–Crippen LogP) is 3.11. The largest absolute Gasteiger partial charge is 0.464 e. The van der Waals surface area contributed by atoms with Crippen LogP contribution in [0.3, 0.4) is 0 Å². The molecular formula is C13H17F2NO2. The minimum absolute atomic E-state index is 0.0264. The van der Waals surface area contributed by atoms with Gasteiger partial charge in [-0.05, 0) is 31.5 Å². The summed E-state index contributed by atoms with van der Waals surface area (Å²) in [5.41, 5.74) is -0.0264. The Hall–Kier alpha value is -1.65. The molecule has 0 bridgehead atoms. The van der Waals surface area contributed by atoms with E-state index < -0.39 is 23.6 Å². The summed E-state index contributed by atoms with van der Waals surface area (Å²) in [7, 11) is 0. The van der Waals surface area contributed by atoms with Crippen molar-refractivity contribution in [3.63, 3.8) is 0 Å². The fourth-order valence-corrected chi connectivity index (χ4v) is 1.58. The van der Waals surface area contributed by atoms with Gasteiger partial charge in [-0.1, -0.05) is 13.3 Å². The van der Waals surface area contributed by atoms with E-state index in [1.54, 1.807) is 6.92 Å². The summed E-state index contributed by atoms with van der Waals surface area (Å²) in [5, 5.41) is 2.68. The second-order valence-electron chi connectivity index (χ2n) is 3.86. The van der Waals surface area contributed by atoms with Crippen LogP contribution in [-0.2, 0) is 9.53 Å². The molecule has 1 aromatic carbocycles. The van der Waals surface area contributed by atoms with Crippen LogP contribution in [0.1, 0.15) is 26.7 Å². The van der Waals surface area contributed by atoms with Gasteiger partial charge < -0.3 is 10.1 Å². The smallest absolute Gasteiger partial charge is 0.328 e. The van der Waals surface area contributed by atoms with E-state index in [1.165, 1.54) is 0 Å². The van der Waals surface area contributed by atoms with Crippen molar-refractivity contribution in [2.45, 2.75) is 32.7 Å². The van der Waals surface area contributed by atoms with Crippen molar-refractivity contribution in [2.24, 2.45) is 0 Å². The SMILES string of the molecule is CCCC(Nc1cc(F)ccc1F)C(=O)OCC. The number of halogens is 2. The number of rotatable bonds is 6. The fraction of sp³-hybridized carbons (Fsp3) is 0.462. The van der Waals surface area contributed by atoms with Crippen molar-refractivity contribution >= 4 is 11.7 Å². The number of carbonyl (C=O) groups is 1. The lowest BCUT2D eigenvalue weighted by Gasteiger charge is -2.18. The van der Waals surface area contributed by atoms with Crippen molar-refractivity contribution in [3.05, 3.63) is 29.8 Å². The highest BCUT2D eigenvalue weighted by molar-refractivity contribution is 5.79. The van der Waals surface area contributed by atoms with Gasteiger partial charge in [0.25, 0.3) is 0 Å². The van der Waals surface area contributed by atoms with Crippen LogP contribution in [0.5, 0.6) is 0 Å². The third kappa shape index (κ3) is 3.98. The second-order valence-corrected chi connectivity index (χ2v) is 3.86. The maximum atomic E-state index is 13.4. The van der Waals surface area contributed by atoms with Crippen molar-refractivity contribution in [1.29, 1.82) is 0 Å². The van der Waals surface area contributed by atoms with Gasteiger partial charge in [-0.25, -0.2) is 13.6 Å². The van der Waals surface area contributed by atoms with Gasteiger partial charge in [0.2, 0.25) is 0 Å². The maximum Gasteiger partial charge on any atom is 0.328 e. The Kier molecular flexibility index (Phi) is 5.55. The van der Waals surface area contributed by atoms with Gasteiger partial charge in [0.15, 0.2) is 0 Å². The van der Waals surface area contributed by atoms with Gasteiger partial charge in [0.1, 0.15) is 17.7 Å². The number of benzene rings is 1. The number of hydrogen-bond donors (Lipinski definition) is 1. The van der Waals surface area contributed by atoms with E-state index in [0.29, 0.717) is 6.42 Å². The molecule has 100 valence electrons. The first-order valence-electron chi connectivity index (χ1n) is 5.96. The van der Waals surface area contributed by atoms with E-state index in [2.05, 4.69) is 5.32 Å². The van der Waals surface area contributed by atoms with Gasteiger partial charge in [-0.3, -0.25) is 0 Å². The third-order valence-electron chi connectivity index (χ3n) is 2.41. The summed E-state index contributed by atoms with van der Waals surface area (Å²) in [6.07, 6.45) is 1.22. The van der Waals surface area contributed by atoms with E-state index in [0.717, 1.165) is 24.6 Å². The molecule has 1 aromatic rings. The number of anilines is 1. The van der Waals surface area contributed by atoms with Crippen LogP contribution in [-0.4, -0.2) is 18.6 Å². The van der Waals surface area contributed by atoms with Crippen LogP contribution < -0.4 is 5.32 Å². The van der Waals surface area contributed by atoms with Crippen LogP contribution in [0.25, 0.3) is 0 Å². The maximum absolute atomic E-state index is 13.4. The van der Waals surface area contributed by atoms with Gasteiger partial charge in [-0.2, -0.15) is 0 Å². The van der Waals surface area contributed by atoms with Gasteiger partial charge in [-0.15, -0.1) is 0 Å². The summed E-state index contributed by atoms with van der Waals surface area (Å²) in [4.78, 5) is 11.6. The average Bonchev–Trinajstić information content (AvgIpc) is 2.33. The van der Waals surface area contributed by atoms with E-state index in [4.69, 9.17) is 4.74 Å². The normalized spacial score (nSPS) is 12.0. The summed E-state index contributed by atoms with van der Waals surface area (Å²) >= 11 is 0. The summed E-state index contributed by atoms with van der Waals surface area (Å²) in [6.45, 7) is 3.85. The van der Waals surface area contributed by atoms with Crippen molar-refractivity contribution in [3.8, 4) is 0 Å². The molecule has 0 saturated heterocycles. The zero-order valence-corrected chi connectivity index (χ0v) is 10.5. The summed E-state index contributed by atoms with van der Waals surface area (Å²) in [5.74, 6) is -1.61. The molecule has 1 N–H and O–H groups in total. The van der Waals surface area contributed by atoms with Gasteiger partial charge in [0, 0.05) is 0 Å². The topological polar surface area (TPSA) is 38.3 Å². The van der Waals surface area contributed by atoms with E-state index in [1.807, 2.05) is 6.92 Å². The minimum Gasteiger partial charge on any atom is -0.464 e. The molecular weight excluding hydrogens is 240 g/mol. The van der Waals surface area contributed by atoms with Gasteiger partial charge in [0.05, 0.1) is 12.3 Å². The molecule has 18 heavy (non-hydrogen) atoms. The number of nitrogens with one attached hydrogen (secondary N) is 1. The highest BCUT2D eigenvalue weighted by Gasteiger charge is 2.20. The van der Waals surface area contributed by atoms with Crippen LogP contribution in [0, 0.1) is 11.6 Å². The number of ether oxygens (including phenoxy) is 1. The Morgan fingerprint density at radius 1 is 1.39 bits per heavy atom. The lowest BCUT2D eigenvalue weighted by molar-refractivity contribution is -0.144. The standard InChI is InChI=1S/C13H17F2NO2/c1-3-5-11(13(17)18-4-2)16-12-8-9(14)6-7-10(12)15/h6-8,11,16H,3-5H2,1-2H3. The molecule has 0 aliphatic heterocycles. The number of carbonyl (C=O) groups excluding carboxylic acids is 1. The molecule has 1 rings (SSSR count). The Balaban J connectivity index is 2.82. The van der Waals surface area contributed by atoms with E-state index in [9.17, 15) is 13.6 Å². The highest BCUT2D eigenvalue weighted by atomic mass is 19.1. The third-order valence-corrected chi connectivity index (χ3v) is 2.41. The monoisotopic (exact) mass is 257 g/mol. The quantitative estimate of drug-likeness (QED) is 0.796. The Morgan fingerprint density at radius 2 is 2.11 bits per heavy atom. The fourth-order valence-electron chi connectivity index (χ4n) is 1.58. The molecule has 0 spiro atoms. The number of hydrogen-bond acceptors (Lipinski definition) is 3. The van der Waals surface area contributed by atoms with Crippen LogP contribution >= 0.6 is 0 Å². The molecule has 0 radical (unpaired) electrons. The van der Waals surface area contributed by atoms with Crippen molar-refractivity contribution < 1.29 is 18.3 Å². The molecule has 0 heterocycles. The molecule has 0 saturated carbocycles. The predicted molar refractivity (Wildman–Crippen MR) is 65.3 cm³/mol. The molecule has 0 amide bonds. The molecule has 1 unspecified atom stereocenters. The molecule has 3 nitrogen and oxygen atoms in total. The minimum atomic E-state index is -0.661. The van der Waals surface area contributed by atoms with Crippen LogP contribution in [0.2, 0.25) is 0 Å². The van der Waals surface area contributed by atoms with Crippen molar-refractivity contribution in [2.75, 3.05) is 11.9 Å². The molecule has 1 atom stereocenters. The first kappa shape index (κ1) is 14.4. The van der Waals surface area contributed by atoms with Crippen LogP contribution in [0.4, 0.5) is 14.5 Å². The zero-order valence-electron chi connectivity index (χ0n) is 10.5. The second kappa shape index (κ2) is 6.93. The van der Waals surface area contributed by atoms with Crippen LogP contribution in [0.15, 0.2) is 18.2 Å². The summed E-state index contributed by atoms with van der Waals surface area (Å²) < 4.78 is 31.3. The Bertz CT molecular complexity index is 410. The lowest BCUT2D eigenvalue weighted by Crippen LogP contribution is -2.31. The average molecular weight is 257 g/mol. The molecule has 0 aliphatic carbocycles. The van der Waals surface area contributed by atoms with E-state index in [-0.39, 0.29) is 12.3 Å². The lowest BCUT2D eigenvalue weighted by atomic mass is 10.1. The number of esters is 1. The zero-order chi connectivity index (χ0) is 13.5. The van der Waals surface area contributed by atoms with Gasteiger partial charge >= 0.3 is 5.97 Å².